The molecule has 1 amide bonds. The minimum absolute atomic E-state index is 0.00866. The number of nitrogens with zero attached hydrogens (tertiary/aromatic N) is 1. The monoisotopic (exact) mass is 204 g/mol. The van der Waals surface area contributed by atoms with Crippen molar-refractivity contribution in [1.29, 1.82) is 0 Å². The smallest absolute Gasteiger partial charge is 0.240 e. The number of hydrogen-bond donors (Lipinski definition) is 1. The lowest BCUT2D eigenvalue weighted by atomic mass is 9.91. The molecular formula is C12H16N2O. The van der Waals surface area contributed by atoms with E-state index in [1.54, 1.807) is 4.90 Å². The number of anilines is 1. The first-order valence-electron chi connectivity index (χ1n) is 5.33. The summed E-state index contributed by atoms with van der Waals surface area (Å²) in [4.78, 5) is 13.4. The zero-order valence-corrected chi connectivity index (χ0v) is 8.94. The zero-order valence-electron chi connectivity index (χ0n) is 8.94. The Morgan fingerprint density at radius 1 is 1.53 bits per heavy atom. The first kappa shape index (κ1) is 10.2. The molecule has 0 saturated heterocycles. The van der Waals surface area contributed by atoms with Gasteiger partial charge in [0.25, 0.3) is 0 Å². The van der Waals surface area contributed by atoms with E-state index in [0.29, 0.717) is 5.92 Å². The van der Waals surface area contributed by atoms with Gasteiger partial charge in [0.05, 0.1) is 6.54 Å². The van der Waals surface area contributed by atoms with Gasteiger partial charge in [-0.25, -0.2) is 0 Å². The third-order valence-electron chi connectivity index (χ3n) is 3.02. The van der Waals surface area contributed by atoms with Gasteiger partial charge in [-0.3, -0.25) is 4.79 Å². The van der Waals surface area contributed by atoms with Crippen LogP contribution in [0.2, 0.25) is 0 Å². The molecule has 1 atom stereocenters. The molecule has 0 saturated carbocycles. The van der Waals surface area contributed by atoms with Crippen LogP contribution in [-0.4, -0.2) is 19.0 Å². The average molecular weight is 204 g/mol. The summed E-state index contributed by atoms with van der Waals surface area (Å²) in [6.07, 6.45) is 1.02. The summed E-state index contributed by atoms with van der Waals surface area (Å²) in [6.45, 7) is 3.07. The first-order valence-corrected chi connectivity index (χ1v) is 5.33. The van der Waals surface area contributed by atoms with Gasteiger partial charge in [0.2, 0.25) is 5.91 Å². The van der Waals surface area contributed by atoms with Crippen molar-refractivity contribution in [3.05, 3.63) is 29.8 Å². The van der Waals surface area contributed by atoms with Gasteiger partial charge in [-0.1, -0.05) is 25.1 Å². The highest BCUT2D eigenvalue weighted by molar-refractivity contribution is 5.95. The van der Waals surface area contributed by atoms with E-state index in [2.05, 4.69) is 13.0 Å². The molecule has 0 aromatic heterocycles. The molecule has 3 heteroatoms. The zero-order chi connectivity index (χ0) is 10.8. The summed E-state index contributed by atoms with van der Waals surface area (Å²) < 4.78 is 0. The van der Waals surface area contributed by atoms with Gasteiger partial charge >= 0.3 is 0 Å². The minimum Gasteiger partial charge on any atom is -0.322 e. The van der Waals surface area contributed by atoms with Crippen LogP contribution in [0, 0.1) is 0 Å². The van der Waals surface area contributed by atoms with Crippen LogP contribution in [0.15, 0.2) is 24.3 Å². The van der Waals surface area contributed by atoms with Gasteiger partial charge in [-0.2, -0.15) is 0 Å². The SMILES string of the molecule is CC1CCN(C(=O)CN)c2ccccc21. The molecule has 0 spiro atoms. The number of carbonyl (C=O) groups excluding carboxylic acids is 1. The first-order chi connectivity index (χ1) is 7.24. The second-order valence-corrected chi connectivity index (χ2v) is 4.00. The lowest BCUT2D eigenvalue weighted by Crippen LogP contribution is -2.40. The fraction of sp³-hybridized carbons (Fsp3) is 0.417. The molecule has 0 bridgehead atoms. The van der Waals surface area contributed by atoms with Crippen LogP contribution in [0.4, 0.5) is 5.69 Å². The number of nitrogens with two attached hydrogens (primary N) is 1. The molecule has 2 N–H and O–H groups in total. The van der Waals surface area contributed by atoms with Crippen molar-refractivity contribution in [2.45, 2.75) is 19.3 Å². The van der Waals surface area contributed by atoms with E-state index in [4.69, 9.17) is 5.73 Å². The van der Waals surface area contributed by atoms with Crippen LogP contribution in [0.3, 0.4) is 0 Å². The number of carbonyl (C=O) groups is 1. The van der Waals surface area contributed by atoms with Crippen molar-refractivity contribution in [2.75, 3.05) is 18.0 Å². The molecule has 1 aliphatic rings. The van der Waals surface area contributed by atoms with Crippen LogP contribution in [-0.2, 0) is 4.79 Å². The number of hydrogen-bond acceptors (Lipinski definition) is 2. The molecule has 0 fully saturated rings. The second-order valence-electron chi connectivity index (χ2n) is 4.00. The molecular weight excluding hydrogens is 188 g/mol. The Morgan fingerprint density at radius 3 is 3.00 bits per heavy atom. The number of rotatable bonds is 1. The summed E-state index contributed by atoms with van der Waals surface area (Å²) in [6, 6.07) is 8.08. The van der Waals surface area contributed by atoms with Crippen LogP contribution in [0.1, 0.15) is 24.8 Å². The highest BCUT2D eigenvalue weighted by Gasteiger charge is 2.24. The highest BCUT2D eigenvalue weighted by atomic mass is 16.2. The van der Waals surface area contributed by atoms with Crippen LogP contribution in [0.25, 0.3) is 0 Å². The van der Waals surface area contributed by atoms with Gasteiger partial charge in [0.15, 0.2) is 0 Å². The number of para-hydroxylation sites is 1. The van der Waals surface area contributed by atoms with Crippen LogP contribution in [0.5, 0.6) is 0 Å². The number of amides is 1. The van der Waals surface area contributed by atoms with Crippen LogP contribution >= 0.6 is 0 Å². The van der Waals surface area contributed by atoms with E-state index in [1.807, 2.05) is 18.2 Å². The summed E-state index contributed by atoms with van der Waals surface area (Å²) in [7, 11) is 0. The summed E-state index contributed by atoms with van der Waals surface area (Å²) in [5, 5.41) is 0. The molecule has 80 valence electrons. The Labute approximate surface area is 89.9 Å². The Hall–Kier alpha value is -1.35. The predicted molar refractivity (Wildman–Crippen MR) is 60.9 cm³/mol. The van der Waals surface area contributed by atoms with E-state index in [-0.39, 0.29) is 12.5 Å². The van der Waals surface area contributed by atoms with Gasteiger partial charge in [-0.15, -0.1) is 0 Å². The molecule has 1 unspecified atom stereocenters. The Balaban J connectivity index is 2.40. The van der Waals surface area contributed by atoms with Gasteiger partial charge < -0.3 is 10.6 Å². The number of benzene rings is 1. The molecule has 1 aliphatic heterocycles. The molecule has 3 nitrogen and oxygen atoms in total. The summed E-state index contributed by atoms with van der Waals surface area (Å²) >= 11 is 0. The van der Waals surface area contributed by atoms with E-state index in [9.17, 15) is 4.79 Å². The standard InChI is InChI=1S/C12H16N2O/c1-9-6-7-14(12(15)8-13)11-5-3-2-4-10(9)11/h2-5,9H,6-8,13H2,1H3. The Morgan fingerprint density at radius 2 is 2.27 bits per heavy atom. The largest absolute Gasteiger partial charge is 0.322 e. The van der Waals surface area contributed by atoms with Gasteiger partial charge in [0.1, 0.15) is 0 Å². The van der Waals surface area contributed by atoms with Crippen molar-refractivity contribution in [1.82, 2.24) is 0 Å². The normalized spacial score (nSPS) is 19.9. The topological polar surface area (TPSA) is 46.3 Å². The second kappa shape index (κ2) is 4.03. The van der Waals surface area contributed by atoms with Gasteiger partial charge in [-0.05, 0) is 24.0 Å². The fourth-order valence-electron chi connectivity index (χ4n) is 2.12. The van der Waals surface area contributed by atoms with E-state index in [1.165, 1.54) is 5.56 Å². The lowest BCUT2D eigenvalue weighted by Gasteiger charge is -2.32. The fourth-order valence-corrected chi connectivity index (χ4v) is 2.12. The summed E-state index contributed by atoms with van der Waals surface area (Å²) in [5.74, 6) is 0.539. The van der Waals surface area contributed by atoms with E-state index >= 15 is 0 Å². The maximum atomic E-state index is 11.6. The minimum atomic E-state index is 0.00866. The average Bonchev–Trinajstić information content (AvgIpc) is 2.29. The molecule has 2 rings (SSSR count). The van der Waals surface area contributed by atoms with Crippen molar-refractivity contribution >= 4 is 11.6 Å². The quantitative estimate of drug-likeness (QED) is 0.753. The maximum Gasteiger partial charge on any atom is 0.240 e. The van der Waals surface area contributed by atoms with Crippen molar-refractivity contribution < 1.29 is 4.79 Å². The summed E-state index contributed by atoms with van der Waals surface area (Å²) in [5.41, 5.74) is 7.69. The van der Waals surface area contributed by atoms with Crippen molar-refractivity contribution in [2.24, 2.45) is 5.73 Å². The van der Waals surface area contributed by atoms with Crippen LogP contribution < -0.4 is 10.6 Å². The van der Waals surface area contributed by atoms with Crippen molar-refractivity contribution in [3.8, 4) is 0 Å². The Kier molecular flexibility index (Phi) is 2.73. The maximum absolute atomic E-state index is 11.6. The van der Waals surface area contributed by atoms with E-state index in [0.717, 1.165) is 18.7 Å². The molecule has 1 aromatic rings. The van der Waals surface area contributed by atoms with Crippen molar-refractivity contribution in [3.63, 3.8) is 0 Å². The molecule has 1 aromatic carbocycles. The van der Waals surface area contributed by atoms with E-state index < -0.39 is 0 Å². The van der Waals surface area contributed by atoms with Gasteiger partial charge in [0, 0.05) is 12.2 Å². The predicted octanol–water partition coefficient (Wildman–Crippen LogP) is 1.49. The lowest BCUT2D eigenvalue weighted by molar-refractivity contribution is -0.117. The molecule has 0 aliphatic carbocycles. The Bertz CT molecular complexity index is 376. The third kappa shape index (κ3) is 1.75. The molecule has 15 heavy (non-hydrogen) atoms. The molecule has 0 radical (unpaired) electrons. The molecule has 1 heterocycles. The third-order valence-corrected chi connectivity index (χ3v) is 3.02. The number of fused-ring (bicyclic) bond motifs is 1. The highest BCUT2D eigenvalue weighted by Crippen LogP contribution is 2.34.